The summed E-state index contributed by atoms with van der Waals surface area (Å²) in [5, 5.41) is 9.05. The van der Waals surface area contributed by atoms with Gasteiger partial charge in [0, 0.05) is 11.9 Å². The zero-order chi connectivity index (χ0) is 9.38. The van der Waals surface area contributed by atoms with Crippen LogP contribution in [-0.2, 0) is 0 Å². The van der Waals surface area contributed by atoms with Crippen molar-refractivity contribution in [3.63, 3.8) is 0 Å². The molecular formula is C11H13N3. The largest absolute Gasteiger partial charge is 0.315 e. The van der Waals surface area contributed by atoms with Crippen molar-refractivity contribution in [3.8, 4) is 0 Å². The number of hydrogen-bond acceptors (Lipinski definition) is 2. The highest BCUT2D eigenvalue weighted by Gasteiger charge is 2.18. The van der Waals surface area contributed by atoms with Gasteiger partial charge in [0.2, 0.25) is 0 Å². The molecule has 2 aromatic rings. The van der Waals surface area contributed by atoms with Gasteiger partial charge in [0.25, 0.3) is 0 Å². The fraction of sp³-hybridized carbons (Fsp3) is 0.364. The molecule has 1 atom stereocenters. The van der Waals surface area contributed by atoms with E-state index in [1.54, 1.807) is 0 Å². The molecule has 1 aromatic heterocycles. The summed E-state index contributed by atoms with van der Waals surface area (Å²) in [5.41, 5.74) is 1.25. The number of para-hydroxylation sites is 1. The van der Waals surface area contributed by atoms with Crippen LogP contribution in [0.4, 0.5) is 0 Å². The maximum atomic E-state index is 4.45. The average Bonchev–Trinajstić information content (AvgIpc) is 2.85. The molecule has 1 aromatic carbocycles. The van der Waals surface area contributed by atoms with Crippen molar-refractivity contribution < 1.29 is 0 Å². The van der Waals surface area contributed by atoms with Crippen molar-refractivity contribution in [2.24, 2.45) is 0 Å². The van der Waals surface area contributed by atoms with E-state index < -0.39 is 0 Å². The van der Waals surface area contributed by atoms with Gasteiger partial charge in [0.1, 0.15) is 0 Å². The third-order valence-corrected chi connectivity index (χ3v) is 2.88. The second kappa shape index (κ2) is 3.10. The highest BCUT2D eigenvalue weighted by molar-refractivity contribution is 5.78. The number of nitrogens with one attached hydrogen (secondary N) is 1. The van der Waals surface area contributed by atoms with Gasteiger partial charge in [0.05, 0.1) is 17.8 Å². The third-order valence-electron chi connectivity index (χ3n) is 2.88. The molecule has 0 spiro atoms. The maximum Gasteiger partial charge on any atom is 0.0686 e. The molecule has 1 fully saturated rings. The van der Waals surface area contributed by atoms with Crippen LogP contribution in [0.15, 0.2) is 30.5 Å². The van der Waals surface area contributed by atoms with E-state index >= 15 is 0 Å². The lowest BCUT2D eigenvalue weighted by Crippen LogP contribution is -2.14. The van der Waals surface area contributed by atoms with Crippen LogP contribution in [0.5, 0.6) is 0 Å². The monoisotopic (exact) mass is 187 g/mol. The lowest BCUT2D eigenvalue weighted by Gasteiger charge is -2.09. The van der Waals surface area contributed by atoms with Crippen LogP contribution < -0.4 is 5.32 Å². The van der Waals surface area contributed by atoms with E-state index in [4.69, 9.17) is 0 Å². The fourth-order valence-corrected chi connectivity index (χ4v) is 2.13. The molecule has 1 aliphatic heterocycles. The van der Waals surface area contributed by atoms with Gasteiger partial charge < -0.3 is 5.32 Å². The summed E-state index contributed by atoms with van der Waals surface area (Å²) >= 11 is 0. The van der Waals surface area contributed by atoms with Crippen LogP contribution in [0.1, 0.15) is 12.5 Å². The number of aromatic nitrogens is 2. The van der Waals surface area contributed by atoms with Crippen molar-refractivity contribution in [1.82, 2.24) is 15.1 Å². The van der Waals surface area contributed by atoms with Gasteiger partial charge in [-0.1, -0.05) is 18.2 Å². The quantitative estimate of drug-likeness (QED) is 0.734. The minimum absolute atomic E-state index is 0.537. The van der Waals surface area contributed by atoms with Crippen molar-refractivity contribution in [2.45, 2.75) is 12.5 Å². The molecule has 72 valence electrons. The van der Waals surface area contributed by atoms with Gasteiger partial charge in [-0.15, -0.1) is 0 Å². The van der Waals surface area contributed by atoms with Crippen molar-refractivity contribution in [1.29, 1.82) is 0 Å². The van der Waals surface area contributed by atoms with Gasteiger partial charge in [-0.25, -0.2) is 0 Å². The molecule has 1 N–H and O–H groups in total. The molecule has 3 nitrogen and oxygen atoms in total. The Morgan fingerprint density at radius 2 is 2.29 bits per heavy atom. The normalized spacial score (nSPS) is 21.9. The first-order valence-corrected chi connectivity index (χ1v) is 5.08. The predicted molar refractivity (Wildman–Crippen MR) is 56.3 cm³/mol. The maximum absolute atomic E-state index is 4.45. The minimum Gasteiger partial charge on any atom is -0.315 e. The Labute approximate surface area is 82.7 Å². The minimum atomic E-state index is 0.537. The SMILES string of the molecule is c1ccc2c(c1)cnn2[C@@H]1CCNC1. The van der Waals surface area contributed by atoms with Crippen molar-refractivity contribution in [2.75, 3.05) is 13.1 Å². The van der Waals surface area contributed by atoms with Crippen LogP contribution in [0.2, 0.25) is 0 Å². The first-order valence-electron chi connectivity index (χ1n) is 5.08. The molecule has 3 rings (SSSR count). The summed E-state index contributed by atoms with van der Waals surface area (Å²) in [6, 6.07) is 8.92. The van der Waals surface area contributed by atoms with E-state index in [-0.39, 0.29) is 0 Å². The zero-order valence-corrected chi connectivity index (χ0v) is 7.98. The Kier molecular flexibility index (Phi) is 1.77. The number of rotatable bonds is 1. The molecular weight excluding hydrogens is 174 g/mol. The van der Waals surface area contributed by atoms with Gasteiger partial charge in [-0.2, -0.15) is 5.10 Å². The van der Waals surface area contributed by atoms with Crippen LogP contribution in [0.25, 0.3) is 10.9 Å². The van der Waals surface area contributed by atoms with E-state index in [1.807, 2.05) is 6.20 Å². The van der Waals surface area contributed by atoms with E-state index in [1.165, 1.54) is 17.3 Å². The third kappa shape index (κ3) is 1.13. The van der Waals surface area contributed by atoms with Gasteiger partial charge >= 0.3 is 0 Å². The van der Waals surface area contributed by atoms with Crippen molar-refractivity contribution >= 4 is 10.9 Å². The summed E-state index contributed by atoms with van der Waals surface area (Å²) in [4.78, 5) is 0. The molecule has 0 aliphatic carbocycles. The molecule has 0 radical (unpaired) electrons. The zero-order valence-electron chi connectivity index (χ0n) is 7.98. The second-order valence-corrected chi connectivity index (χ2v) is 3.79. The van der Waals surface area contributed by atoms with E-state index in [0.29, 0.717) is 6.04 Å². The highest BCUT2D eigenvalue weighted by Crippen LogP contribution is 2.21. The van der Waals surface area contributed by atoms with Crippen LogP contribution in [0.3, 0.4) is 0 Å². The Hall–Kier alpha value is -1.35. The Morgan fingerprint density at radius 3 is 3.14 bits per heavy atom. The van der Waals surface area contributed by atoms with E-state index in [0.717, 1.165) is 13.1 Å². The van der Waals surface area contributed by atoms with E-state index in [2.05, 4.69) is 39.4 Å². The lowest BCUT2D eigenvalue weighted by atomic mass is 10.2. The summed E-state index contributed by atoms with van der Waals surface area (Å²) in [6.07, 6.45) is 3.14. The molecule has 0 bridgehead atoms. The topological polar surface area (TPSA) is 29.9 Å². The molecule has 0 amide bonds. The second-order valence-electron chi connectivity index (χ2n) is 3.79. The van der Waals surface area contributed by atoms with Gasteiger partial charge in [-0.05, 0) is 19.0 Å². The molecule has 3 heteroatoms. The van der Waals surface area contributed by atoms with Gasteiger partial charge in [-0.3, -0.25) is 4.68 Å². The number of nitrogens with zero attached hydrogens (tertiary/aromatic N) is 2. The number of hydrogen-bond donors (Lipinski definition) is 1. The molecule has 0 unspecified atom stereocenters. The van der Waals surface area contributed by atoms with Crippen LogP contribution in [-0.4, -0.2) is 22.9 Å². The number of fused-ring (bicyclic) bond motifs is 1. The average molecular weight is 187 g/mol. The number of benzene rings is 1. The summed E-state index contributed by atoms with van der Waals surface area (Å²) in [5.74, 6) is 0. The Bertz CT molecular complexity index is 440. The van der Waals surface area contributed by atoms with E-state index in [9.17, 15) is 0 Å². The molecule has 14 heavy (non-hydrogen) atoms. The molecule has 1 saturated heterocycles. The van der Waals surface area contributed by atoms with Crippen LogP contribution >= 0.6 is 0 Å². The lowest BCUT2D eigenvalue weighted by molar-refractivity contribution is 0.506. The highest BCUT2D eigenvalue weighted by atomic mass is 15.3. The van der Waals surface area contributed by atoms with Crippen molar-refractivity contribution in [3.05, 3.63) is 30.5 Å². The Balaban J connectivity index is 2.11. The van der Waals surface area contributed by atoms with Gasteiger partial charge in [0.15, 0.2) is 0 Å². The first-order chi connectivity index (χ1) is 6.95. The summed E-state index contributed by atoms with van der Waals surface area (Å²) in [6.45, 7) is 2.16. The molecule has 1 aliphatic rings. The van der Waals surface area contributed by atoms with Crippen LogP contribution in [0, 0.1) is 0 Å². The molecule has 0 saturated carbocycles. The predicted octanol–water partition coefficient (Wildman–Crippen LogP) is 1.57. The fourth-order valence-electron chi connectivity index (χ4n) is 2.13. The summed E-state index contributed by atoms with van der Waals surface area (Å²) in [7, 11) is 0. The smallest absolute Gasteiger partial charge is 0.0686 e. The summed E-state index contributed by atoms with van der Waals surface area (Å²) < 4.78 is 2.15. The Morgan fingerprint density at radius 1 is 1.36 bits per heavy atom. The molecule has 2 heterocycles. The standard InChI is InChI=1S/C11H13N3/c1-2-4-11-9(3-1)7-13-14(11)10-5-6-12-8-10/h1-4,7,10,12H,5-6,8H2/t10-/m1/s1. The first kappa shape index (κ1) is 8.00.